The summed E-state index contributed by atoms with van der Waals surface area (Å²) in [6.45, 7) is 6.18. The Labute approximate surface area is 163 Å². The summed E-state index contributed by atoms with van der Waals surface area (Å²) in [4.78, 5) is 2.19. The van der Waals surface area contributed by atoms with Gasteiger partial charge in [-0.15, -0.1) is 0 Å². The van der Waals surface area contributed by atoms with Crippen molar-refractivity contribution in [3.8, 4) is 0 Å². The zero-order valence-corrected chi connectivity index (χ0v) is 17.8. The first-order chi connectivity index (χ1) is 12.8. The van der Waals surface area contributed by atoms with Gasteiger partial charge in [-0.1, -0.05) is 76.9 Å². The standard InChI is InChI=1S/C23H47NO2/c1-3-4-5-6-7-8-9-10-11-12-13-14-15-16-17-18-23(2)24(19-21-25)20-22-26/h10-11,23,25-26H,3-9,12-22H2,1-2H3/b11-10-. The Morgan fingerprint density at radius 2 is 1.15 bits per heavy atom. The smallest absolute Gasteiger partial charge is 0.0558 e. The molecule has 0 radical (unpaired) electrons. The minimum absolute atomic E-state index is 0.177. The van der Waals surface area contributed by atoms with Crippen molar-refractivity contribution in [1.29, 1.82) is 0 Å². The van der Waals surface area contributed by atoms with Gasteiger partial charge in [0.2, 0.25) is 0 Å². The molecule has 0 aromatic rings. The normalized spacial score (nSPS) is 13.1. The van der Waals surface area contributed by atoms with Crippen LogP contribution in [0.4, 0.5) is 0 Å². The quantitative estimate of drug-likeness (QED) is 0.214. The maximum Gasteiger partial charge on any atom is 0.0558 e. The highest BCUT2D eigenvalue weighted by atomic mass is 16.3. The molecule has 1 unspecified atom stereocenters. The summed E-state index contributed by atoms with van der Waals surface area (Å²) in [7, 11) is 0. The fourth-order valence-electron chi connectivity index (χ4n) is 3.50. The van der Waals surface area contributed by atoms with E-state index in [-0.39, 0.29) is 13.2 Å². The summed E-state index contributed by atoms with van der Waals surface area (Å²) >= 11 is 0. The molecule has 0 saturated carbocycles. The van der Waals surface area contributed by atoms with Gasteiger partial charge in [0.15, 0.2) is 0 Å². The second-order valence-corrected chi connectivity index (χ2v) is 7.71. The van der Waals surface area contributed by atoms with Crippen LogP contribution in [0.2, 0.25) is 0 Å². The van der Waals surface area contributed by atoms with Crippen molar-refractivity contribution in [2.45, 2.75) is 110 Å². The number of unbranched alkanes of at least 4 members (excludes halogenated alkanes) is 11. The molecule has 0 aromatic carbocycles. The van der Waals surface area contributed by atoms with Crippen molar-refractivity contribution in [1.82, 2.24) is 4.90 Å². The number of hydrogen-bond acceptors (Lipinski definition) is 3. The first-order valence-corrected chi connectivity index (χ1v) is 11.4. The van der Waals surface area contributed by atoms with E-state index in [1.54, 1.807) is 0 Å². The SMILES string of the molecule is CCCCCCCC/C=C\CCCCCCCC(C)N(CCO)CCO. The maximum atomic E-state index is 9.09. The van der Waals surface area contributed by atoms with Crippen molar-refractivity contribution in [3.63, 3.8) is 0 Å². The van der Waals surface area contributed by atoms with Crippen LogP contribution in [0, 0.1) is 0 Å². The fraction of sp³-hybridized carbons (Fsp3) is 0.913. The molecule has 1 atom stereocenters. The molecule has 0 aliphatic rings. The first kappa shape index (κ1) is 25.6. The second-order valence-electron chi connectivity index (χ2n) is 7.71. The molecule has 3 nitrogen and oxygen atoms in total. The molecule has 0 aliphatic heterocycles. The maximum absolute atomic E-state index is 9.09. The molecular formula is C23H47NO2. The fourth-order valence-corrected chi connectivity index (χ4v) is 3.50. The monoisotopic (exact) mass is 369 g/mol. The highest BCUT2D eigenvalue weighted by Crippen LogP contribution is 2.13. The number of rotatable bonds is 20. The summed E-state index contributed by atoms with van der Waals surface area (Å²) < 4.78 is 0. The van der Waals surface area contributed by atoms with Crippen LogP contribution in [0.3, 0.4) is 0 Å². The van der Waals surface area contributed by atoms with E-state index in [0.717, 1.165) is 6.42 Å². The van der Waals surface area contributed by atoms with Crippen LogP contribution in [0.5, 0.6) is 0 Å². The molecule has 0 bridgehead atoms. The van der Waals surface area contributed by atoms with E-state index in [2.05, 4.69) is 30.9 Å². The molecule has 0 saturated heterocycles. The summed E-state index contributed by atoms with van der Waals surface area (Å²) in [5, 5.41) is 18.2. The molecule has 156 valence electrons. The number of aliphatic hydroxyl groups is 2. The van der Waals surface area contributed by atoms with Crippen LogP contribution < -0.4 is 0 Å². The average molecular weight is 370 g/mol. The van der Waals surface area contributed by atoms with Gasteiger partial charge in [0.1, 0.15) is 0 Å². The van der Waals surface area contributed by atoms with Gasteiger partial charge in [-0.05, 0) is 39.0 Å². The van der Waals surface area contributed by atoms with Crippen LogP contribution >= 0.6 is 0 Å². The zero-order valence-electron chi connectivity index (χ0n) is 17.8. The van der Waals surface area contributed by atoms with Crippen molar-refractivity contribution >= 4 is 0 Å². The van der Waals surface area contributed by atoms with E-state index in [9.17, 15) is 0 Å². The third kappa shape index (κ3) is 17.1. The molecule has 0 fully saturated rings. The van der Waals surface area contributed by atoms with Crippen molar-refractivity contribution in [2.75, 3.05) is 26.3 Å². The minimum Gasteiger partial charge on any atom is -0.395 e. The third-order valence-corrected chi connectivity index (χ3v) is 5.28. The Balaban J connectivity index is 3.38. The van der Waals surface area contributed by atoms with E-state index < -0.39 is 0 Å². The van der Waals surface area contributed by atoms with Gasteiger partial charge in [0, 0.05) is 19.1 Å². The van der Waals surface area contributed by atoms with Crippen LogP contribution in [-0.4, -0.2) is 47.5 Å². The predicted molar refractivity (Wildman–Crippen MR) is 115 cm³/mol. The van der Waals surface area contributed by atoms with Gasteiger partial charge in [-0.25, -0.2) is 0 Å². The molecular weight excluding hydrogens is 322 g/mol. The largest absolute Gasteiger partial charge is 0.395 e. The van der Waals surface area contributed by atoms with E-state index in [1.165, 1.54) is 83.5 Å². The van der Waals surface area contributed by atoms with Gasteiger partial charge in [-0.2, -0.15) is 0 Å². The molecule has 3 heteroatoms. The number of nitrogens with zero attached hydrogens (tertiary/aromatic N) is 1. The third-order valence-electron chi connectivity index (χ3n) is 5.28. The Bertz CT molecular complexity index is 288. The van der Waals surface area contributed by atoms with Gasteiger partial charge in [-0.3, -0.25) is 4.90 Å². The Morgan fingerprint density at radius 1 is 0.692 bits per heavy atom. The number of hydrogen-bond donors (Lipinski definition) is 2. The topological polar surface area (TPSA) is 43.7 Å². The van der Waals surface area contributed by atoms with Gasteiger partial charge in [0.05, 0.1) is 13.2 Å². The lowest BCUT2D eigenvalue weighted by atomic mass is 10.0. The Kier molecular flexibility index (Phi) is 20.6. The molecule has 0 spiro atoms. The minimum atomic E-state index is 0.177. The molecule has 0 aromatic heterocycles. The molecule has 0 heterocycles. The van der Waals surface area contributed by atoms with E-state index in [0.29, 0.717) is 19.1 Å². The van der Waals surface area contributed by atoms with Gasteiger partial charge >= 0.3 is 0 Å². The zero-order chi connectivity index (χ0) is 19.3. The lowest BCUT2D eigenvalue weighted by Gasteiger charge is -2.27. The molecule has 0 amide bonds. The second kappa shape index (κ2) is 20.9. The lowest BCUT2D eigenvalue weighted by molar-refractivity contribution is 0.123. The summed E-state index contributed by atoms with van der Waals surface area (Å²) in [6, 6.07) is 0.458. The Hall–Kier alpha value is -0.380. The summed E-state index contributed by atoms with van der Waals surface area (Å²) in [6.07, 6.45) is 23.3. The van der Waals surface area contributed by atoms with Crippen LogP contribution in [0.25, 0.3) is 0 Å². The highest BCUT2D eigenvalue weighted by Gasteiger charge is 2.11. The number of aliphatic hydroxyl groups excluding tert-OH is 2. The van der Waals surface area contributed by atoms with Gasteiger partial charge < -0.3 is 10.2 Å². The van der Waals surface area contributed by atoms with E-state index in [1.807, 2.05) is 0 Å². The van der Waals surface area contributed by atoms with Crippen molar-refractivity contribution < 1.29 is 10.2 Å². The molecule has 0 rings (SSSR count). The Morgan fingerprint density at radius 3 is 1.65 bits per heavy atom. The number of allylic oxidation sites excluding steroid dienone is 2. The van der Waals surface area contributed by atoms with Crippen LogP contribution in [0.15, 0.2) is 12.2 Å². The van der Waals surface area contributed by atoms with Crippen molar-refractivity contribution in [2.24, 2.45) is 0 Å². The van der Waals surface area contributed by atoms with Crippen LogP contribution in [0.1, 0.15) is 104 Å². The highest BCUT2D eigenvalue weighted by molar-refractivity contribution is 4.81. The molecule has 26 heavy (non-hydrogen) atoms. The molecule has 0 aliphatic carbocycles. The lowest BCUT2D eigenvalue weighted by Crippen LogP contribution is -2.37. The van der Waals surface area contributed by atoms with Gasteiger partial charge in [0.25, 0.3) is 0 Å². The first-order valence-electron chi connectivity index (χ1n) is 11.4. The van der Waals surface area contributed by atoms with E-state index in [4.69, 9.17) is 10.2 Å². The summed E-state index contributed by atoms with van der Waals surface area (Å²) in [5.74, 6) is 0. The van der Waals surface area contributed by atoms with Crippen LogP contribution in [-0.2, 0) is 0 Å². The van der Waals surface area contributed by atoms with Crippen molar-refractivity contribution in [3.05, 3.63) is 12.2 Å². The summed E-state index contributed by atoms with van der Waals surface area (Å²) in [5.41, 5.74) is 0. The predicted octanol–water partition coefficient (Wildman–Crippen LogP) is 5.70. The average Bonchev–Trinajstić information content (AvgIpc) is 2.64. The molecule has 2 N–H and O–H groups in total. The van der Waals surface area contributed by atoms with E-state index >= 15 is 0 Å².